The molecule has 2 aromatic rings. The average Bonchev–Trinajstić information content (AvgIpc) is 3.33. The van der Waals surface area contributed by atoms with Crippen LogP contribution in [0, 0.1) is 13.8 Å². The highest BCUT2D eigenvalue weighted by molar-refractivity contribution is 5.64. The Hall–Kier alpha value is -1.90. The Morgan fingerprint density at radius 3 is 2.62 bits per heavy atom. The van der Waals surface area contributed by atoms with Crippen LogP contribution in [0.3, 0.4) is 0 Å². The summed E-state index contributed by atoms with van der Waals surface area (Å²) in [6.07, 6.45) is 3.68. The van der Waals surface area contributed by atoms with Gasteiger partial charge < -0.3 is 5.32 Å². The van der Waals surface area contributed by atoms with Crippen molar-refractivity contribution in [3.63, 3.8) is 0 Å². The number of benzene rings is 1. The van der Waals surface area contributed by atoms with Crippen molar-refractivity contribution in [2.24, 2.45) is 0 Å². The maximum absolute atomic E-state index is 4.79. The van der Waals surface area contributed by atoms with Crippen LogP contribution in [0.25, 0.3) is 11.4 Å². The second kappa shape index (κ2) is 5.84. The molecular weight excluding hydrogens is 258 g/mol. The van der Waals surface area contributed by atoms with Gasteiger partial charge in [-0.2, -0.15) is 0 Å². The smallest absolute Gasteiger partial charge is 0.162 e. The second-order valence-electron chi connectivity index (χ2n) is 5.89. The monoisotopic (exact) mass is 281 g/mol. The van der Waals surface area contributed by atoms with E-state index in [0.717, 1.165) is 35.9 Å². The van der Waals surface area contributed by atoms with E-state index in [1.807, 2.05) is 0 Å². The predicted octanol–water partition coefficient (Wildman–Crippen LogP) is 4.46. The van der Waals surface area contributed by atoms with Crippen molar-refractivity contribution in [1.29, 1.82) is 0 Å². The average molecular weight is 281 g/mol. The van der Waals surface area contributed by atoms with Crippen molar-refractivity contribution in [1.82, 2.24) is 9.97 Å². The second-order valence-corrected chi connectivity index (χ2v) is 5.89. The Labute approximate surface area is 126 Å². The minimum absolute atomic E-state index is 0.707. The molecule has 1 aliphatic rings. The van der Waals surface area contributed by atoms with Gasteiger partial charge in [0.05, 0.1) is 0 Å². The minimum atomic E-state index is 0.707. The summed E-state index contributed by atoms with van der Waals surface area (Å²) < 4.78 is 0. The van der Waals surface area contributed by atoms with E-state index in [2.05, 4.69) is 50.4 Å². The van der Waals surface area contributed by atoms with Gasteiger partial charge >= 0.3 is 0 Å². The van der Waals surface area contributed by atoms with Crippen LogP contribution in [-0.4, -0.2) is 16.5 Å². The lowest BCUT2D eigenvalue weighted by atomic mass is 10.0. The number of aromatic nitrogens is 2. The molecule has 0 radical (unpaired) electrons. The first-order valence-electron chi connectivity index (χ1n) is 7.89. The molecule has 1 aliphatic carbocycles. The van der Waals surface area contributed by atoms with Gasteiger partial charge in [-0.25, -0.2) is 9.97 Å². The maximum atomic E-state index is 4.79. The van der Waals surface area contributed by atoms with Gasteiger partial charge in [-0.15, -0.1) is 0 Å². The van der Waals surface area contributed by atoms with E-state index in [1.165, 1.54) is 24.0 Å². The molecule has 1 aromatic heterocycles. The Bertz CT molecular complexity index is 645. The molecule has 0 bridgehead atoms. The molecule has 1 fully saturated rings. The molecule has 0 atom stereocenters. The van der Waals surface area contributed by atoms with Gasteiger partial charge in [-0.05, 0) is 44.6 Å². The van der Waals surface area contributed by atoms with Crippen LogP contribution in [0.1, 0.15) is 48.9 Å². The van der Waals surface area contributed by atoms with Crippen molar-refractivity contribution in [2.45, 2.75) is 46.0 Å². The molecule has 0 unspecified atom stereocenters. The lowest BCUT2D eigenvalue weighted by molar-refractivity contribution is 0.953. The Morgan fingerprint density at radius 2 is 1.90 bits per heavy atom. The summed E-state index contributed by atoms with van der Waals surface area (Å²) in [5.41, 5.74) is 4.81. The standard InChI is InChI=1S/C18H23N3/c1-4-11-19-17-12(2)13(3)20-18(21-17)16-8-6-5-7-15(16)14-9-10-14/h5-8,14H,4,9-11H2,1-3H3,(H,19,20,21). The topological polar surface area (TPSA) is 37.8 Å². The van der Waals surface area contributed by atoms with E-state index in [9.17, 15) is 0 Å². The Balaban J connectivity index is 2.04. The molecule has 110 valence electrons. The molecule has 3 nitrogen and oxygen atoms in total. The van der Waals surface area contributed by atoms with Gasteiger partial charge in [0.1, 0.15) is 5.82 Å². The van der Waals surface area contributed by atoms with Crippen LogP contribution < -0.4 is 5.32 Å². The molecule has 3 heteroatoms. The quantitative estimate of drug-likeness (QED) is 0.879. The van der Waals surface area contributed by atoms with Gasteiger partial charge in [-0.1, -0.05) is 31.2 Å². The van der Waals surface area contributed by atoms with Gasteiger partial charge in [0.2, 0.25) is 0 Å². The molecule has 1 aromatic carbocycles. The van der Waals surface area contributed by atoms with Gasteiger partial charge in [0.25, 0.3) is 0 Å². The maximum Gasteiger partial charge on any atom is 0.162 e. The van der Waals surface area contributed by atoms with Crippen molar-refractivity contribution >= 4 is 5.82 Å². The van der Waals surface area contributed by atoms with E-state index in [-0.39, 0.29) is 0 Å². The highest BCUT2D eigenvalue weighted by atomic mass is 15.0. The first kappa shape index (κ1) is 14.1. The van der Waals surface area contributed by atoms with Gasteiger partial charge in [-0.3, -0.25) is 0 Å². The molecule has 1 saturated carbocycles. The molecule has 1 heterocycles. The van der Waals surface area contributed by atoms with Gasteiger partial charge in [0, 0.05) is 23.4 Å². The number of nitrogens with zero attached hydrogens (tertiary/aromatic N) is 2. The zero-order valence-electron chi connectivity index (χ0n) is 13.1. The number of hydrogen-bond donors (Lipinski definition) is 1. The first-order valence-corrected chi connectivity index (χ1v) is 7.89. The molecular formula is C18H23N3. The van der Waals surface area contributed by atoms with Crippen molar-refractivity contribution in [3.05, 3.63) is 41.1 Å². The zero-order valence-corrected chi connectivity index (χ0v) is 13.1. The molecule has 3 rings (SSSR count). The van der Waals surface area contributed by atoms with Gasteiger partial charge in [0.15, 0.2) is 5.82 Å². The van der Waals surface area contributed by atoms with Crippen molar-refractivity contribution < 1.29 is 0 Å². The normalized spacial score (nSPS) is 14.2. The van der Waals surface area contributed by atoms with Crippen LogP contribution in [-0.2, 0) is 0 Å². The molecule has 0 spiro atoms. The molecule has 1 N–H and O–H groups in total. The molecule has 0 saturated heterocycles. The lowest BCUT2D eigenvalue weighted by Gasteiger charge is -2.13. The first-order chi connectivity index (χ1) is 10.2. The fourth-order valence-corrected chi connectivity index (χ4v) is 2.62. The number of anilines is 1. The summed E-state index contributed by atoms with van der Waals surface area (Å²) in [5.74, 6) is 2.54. The van der Waals surface area contributed by atoms with Crippen LogP contribution in [0.2, 0.25) is 0 Å². The Morgan fingerprint density at radius 1 is 1.14 bits per heavy atom. The number of aryl methyl sites for hydroxylation is 1. The Kier molecular flexibility index (Phi) is 3.91. The third-order valence-corrected chi connectivity index (χ3v) is 4.15. The van der Waals surface area contributed by atoms with E-state index in [4.69, 9.17) is 9.97 Å². The van der Waals surface area contributed by atoms with Crippen LogP contribution in [0.4, 0.5) is 5.82 Å². The minimum Gasteiger partial charge on any atom is -0.370 e. The zero-order chi connectivity index (χ0) is 14.8. The van der Waals surface area contributed by atoms with E-state index < -0.39 is 0 Å². The molecule has 21 heavy (non-hydrogen) atoms. The van der Waals surface area contributed by atoms with E-state index in [0.29, 0.717) is 5.92 Å². The number of nitrogens with one attached hydrogen (secondary N) is 1. The summed E-state index contributed by atoms with van der Waals surface area (Å²) in [6, 6.07) is 8.58. The SMILES string of the molecule is CCCNc1nc(-c2ccccc2C2CC2)nc(C)c1C. The van der Waals surface area contributed by atoms with Crippen LogP contribution in [0.5, 0.6) is 0 Å². The summed E-state index contributed by atoms with van der Waals surface area (Å²) in [5, 5.41) is 3.43. The highest BCUT2D eigenvalue weighted by Gasteiger charge is 2.27. The predicted molar refractivity (Wildman–Crippen MR) is 87.7 cm³/mol. The van der Waals surface area contributed by atoms with Crippen LogP contribution in [0.15, 0.2) is 24.3 Å². The summed E-state index contributed by atoms with van der Waals surface area (Å²) >= 11 is 0. The molecule has 0 amide bonds. The van der Waals surface area contributed by atoms with Crippen molar-refractivity contribution in [2.75, 3.05) is 11.9 Å². The summed E-state index contributed by atoms with van der Waals surface area (Å²) in [7, 11) is 0. The largest absolute Gasteiger partial charge is 0.370 e. The summed E-state index contributed by atoms with van der Waals surface area (Å²) in [4.78, 5) is 9.52. The third kappa shape index (κ3) is 2.92. The van der Waals surface area contributed by atoms with Crippen LogP contribution >= 0.6 is 0 Å². The molecule has 0 aliphatic heterocycles. The van der Waals surface area contributed by atoms with Crippen molar-refractivity contribution in [3.8, 4) is 11.4 Å². The fourth-order valence-electron chi connectivity index (χ4n) is 2.62. The number of hydrogen-bond acceptors (Lipinski definition) is 3. The summed E-state index contributed by atoms with van der Waals surface area (Å²) in [6.45, 7) is 7.27. The van der Waals surface area contributed by atoms with E-state index in [1.54, 1.807) is 0 Å². The fraction of sp³-hybridized carbons (Fsp3) is 0.444. The highest BCUT2D eigenvalue weighted by Crippen LogP contribution is 2.43. The number of rotatable bonds is 5. The lowest BCUT2D eigenvalue weighted by Crippen LogP contribution is -2.08. The third-order valence-electron chi connectivity index (χ3n) is 4.15. The van der Waals surface area contributed by atoms with E-state index >= 15 is 0 Å².